The Morgan fingerprint density at radius 1 is 1.10 bits per heavy atom. The number of aromatic carboxylic acids is 1. The molecule has 1 aliphatic heterocycles. The lowest BCUT2D eigenvalue weighted by Gasteiger charge is -2.28. The van der Waals surface area contributed by atoms with Gasteiger partial charge in [-0.2, -0.15) is 0 Å². The number of furan rings is 1. The number of para-hydroxylation sites is 1. The molecule has 154 valence electrons. The molecule has 4 rings (SSSR count). The number of carbonyl (C=O) groups excluding carboxylic acids is 2. The lowest BCUT2D eigenvalue weighted by Crippen LogP contribution is -2.54. The second kappa shape index (κ2) is 8.00. The Hall–Kier alpha value is -4.04. The van der Waals surface area contributed by atoms with Gasteiger partial charge in [-0.1, -0.05) is 24.3 Å². The molecule has 0 unspecified atom stereocenters. The lowest BCUT2D eigenvalue weighted by molar-refractivity contribution is -0.122. The Bertz CT molecular complexity index is 1260. The quantitative estimate of drug-likeness (QED) is 0.370. The van der Waals surface area contributed by atoms with E-state index in [-0.39, 0.29) is 16.2 Å². The molecule has 0 radical (unpaired) electrons. The fraction of sp³-hybridized carbons (Fsp3) is 0.0435. The number of rotatable bonds is 4. The molecule has 1 saturated heterocycles. The van der Waals surface area contributed by atoms with Gasteiger partial charge in [0.2, 0.25) is 0 Å². The molecule has 7 nitrogen and oxygen atoms in total. The van der Waals surface area contributed by atoms with Crippen LogP contribution in [0.25, 0.3) is 17.4 Å². The van der Waals surface area contributed by atoms with Crippen LogP contribution in [-0.2, 0) is 9.59 Å². The van der Waals surface area contributed by atoms with Crippen molar-refractivity contribution >= 4 is 46.9 Å². The molecule has 1 aliphatic rings. The normalized spacial score (nSPS) is 15.3. The highest BCUT2D eigenvalue weighted by atomic mass is 32.1. The molecule has 0 saturated carbocycles. The van der Waals surface area contributed by atoms with Crippen LogP contribution in [0.1, 0.15) is 21.7 Å². The largest absolute Gasteiger partial charge is 0.478 e. The first-order valence-corrected chi connectivity index (χ1v) is 9.66. The lowest BCUT2D eigenvalue weighted by atomic mass is 10.0. The van der Waals surface area contributed by atoms with Crippen LogP contribution >= 0.6 is 12.2 Å². The SMILES string of the molecule is Cc1cc(C(=O)O)ccc1-c1ccc(/C=C2\C(=O)NC(=S)N(c3ccccc3)C2=O)o1. The Labute approximate surface area is 182 Å². The molecule has 0 spiro atoms. The van der Waals surface area contributed by atoms with Crippen LogP contribution in [0.3, 0.4) is 0 Å². The number of carbonyl (C=O) groups is 3. The third kappa shape index (κ3) is 3.88. The monoisotopic (exact) mass is 432 g/mol. The van der Waals surface area contributed by atoms with Crippen molar-refractivity contribution in [3.8, 4) is 11.3 Å². The number of anilines is 1. The fourth-order valence-electron chi connectivity index (χ4n) is 3.26. The molecule has 0 aliphatic carbocycles. The van der Waals surface area contributed by atoms with E-state index in [4.69, 9.17) is 21.7 Å². The van der Waals surface area contributed by atoms with Gasteiger partial charge in [0, 0.05) is 5.56 Å². The average Bonchev–Trinajstić information content (AvgIpc) is 3.20. The molecule has 2 aromatic carbocycles. The van der Waals surface area contributed by atoms with Crippen molar-refractivity contribution in [2.75, 3.05) is 4.90 Å². The second-order valence-corrected chi connectivity index (χ2v) is 7.22. The first kappa shape index (κ1) is 20.2. The highest BCUT2D eigenvalue weighted by Crippen LogP contribution is 2.28. The molecule has 2 N–H and O–H groups in total. The van der Waals surface area contributed by atoms with Gasteiger partial charge in [0.05, 0.1) is 11.3 Å². The summed E-state index contributed by atoms with van der Waals surface area (Å²) in [5.41, 5.74) is 2.03. The number of nitrogens with one attached hydrogen (secondary N) is 1. The Kier molecular flexibility index (Phi) is 5.22. The fourth-order valence-corrected chi connectivity index (χ4v) is 3.54. The van der Waals surface area contributed by atoms with Crippen molar-refractivity contribution in [1.82, 2.24) is 5.32 Å². The van der Waals surface area contributed by atoms with Crippen LogP contribution in [-0.4, -0.2) is 28.0 Å². The predicted octanol–water partition coefficient (Wildman–Crippen LogP) is 3.78. The first-order valence-electron chi connectivity index (χ1n) is 9.26. The Balaban J connectivity index is 1.67. The number of carboxylic acid groups (broad SMARTS) is 1. The van der Waals surface area contributed by atoms with Gasteiger partial charge in [-0.05, 0) is 67.2 Å². The maximum atomic E-state index is 13.0. The van der Waals surface area contributed by atoms with Crippen LogP contribution in [0, 0.1) is 6.92 Å². The number of hydrogen-bond donors (Lipinski definition) is 2. The summed E-state index contributed by atoms with van der Waals surface area (Å²) >= 11 is 5.17. The minimum atomic E-state index is -1.01. The summed E-state index contributed by atoms with van der Waals surface area (Å²) in [6.07, 6.45) is 1.36. The van der Waals surface area contributed by atoms with E-state index in [2.05, 4.69) is 5.32 Å². The van der Waals surface area contributed by atoms with Crippen molar-refractivity contribution in [2.24, 2.45) is 0 Å². The smallest absolute Gasteiger partial charge is 0.335 e. The summed E-state index contributed by atoms with van der Waals surface area (Å²) in [5.74, 6) is -1.39. The summed E-state index contributed by atoms with van der Waals surface area (Å²) < 4.78 is 5.81. The van der Waals surface area contributed by atoms with Crippen LogP contribution in [0.2, 0.25) is 0 Å². The van der Waals surface area contributed by atoms with Crippen molar-refractivity contribution in [2.45, 2.75) is 6.92 Å². The zero-order chi connectivity index (χ0) is 22.1. The number of hydrogen-bond acceptors (Lipinski definition) is 5. The number of carboxylic acids is 1. The van der Waals surface area contributed by atoms with Crippen molar-refractivity contribution in [3.05, 3.63) is 83.1 Å². The summed E-state index contributed by atoms with van der Waals surface area (Å²) in [4.78, 5) is 37.8. The molecule has 2 heterocycles. The van der Waals surface area contributed by atoms with E-state index < -0.39 is 17.8 Å². The minimum Gasteiger partial charge on any atom is -0.478 e. The number of aryl methyl sites for hydroxylation is 1. The maximum Gasteiger partial charge on any atom is 0.335 e. The van der Waals surface area contributed by atoms with Gasteiger partial charge in [0.25, 0.3) is 11.8 Å². The average molecular weight is 432 g/mol. The van der Waals surface area contributed by atoms with Crippen molar-refractivity contribution in [1.29, 1.82) is 0 Å². The van der Waals surface area contributed by atoms with Gasteiger partial charge in [-0.15, -0.1) is 0 Å². The summed E-state index contributed by atoms with van der Waals surface area (Å²) in [6, 6.07) is 16.8. The topological polar surface area (TPSA) is 99.8 Å². The van der Waals surface area contributed by atoms with Gasteiger partial charge in [0.1, 0.15) is 17.1 Å². The summed E-state index contributed by atoms with van der Waals surface area (Å²) in [6.45, 7) is 1.78. The van der Waals surface area contributed by atoms with E-state index in [1.807, 2.05) is 6.07 Å². The first-order chi connectivity index (χ1) is 14.8. The molecule has 8 heteroatoms. The van der Waals surface area contributed by atoms with Gasteiger partial charge in [-0.3, -0.25) is 19.8 Å². The molecular weight excluding hydrogens is 416 g/mol. The third-order valence-electron chi connectivity index (χ3n) is 4.77. The standard InChI is InChI=1S/C23H16N2O5S/c1-13-11-14(22(28)29)7-9-17(13)19-10-8-16(30-19)12-18-20(26)24-23(31)25(21(18)27)15-5-3-2-4-6-15/h2-12H,1H3,(H,28,29)(H,24,26,31)/b18-12+. The Morgan fingerprint density at radius 3 is 2.52 bits per heavy atom. The minimum absolute atomic E-state index is 0.00706. The number of benzene rings is 2. The highest BCUT2D eigenvalue weighted by Gasteiger charge is 2.34. The number of nitrogens with zero attached hydrogens (tertiary/aromatic N) is 1. The van der Waals surface area contributed by atoms with Crippen LogP contribution < -0.4 is 10.2 Å². The number of amides is 2. The molecular formula is C23H16N2O5S. The maximum absolute atomic E-state index is 13.0. The predicted molar refractivity (Wildman–Crippen MR) is 118 cm³/mol. The van der Waals surface area contributed by atoms with E-state index in [0.717, 1.165) is 5.56 Å². The van der Waals surface area contributed by atoms with Crippen molar-refractivity contribution < 1.29 is 23.9 Å². The van der Waals surface area contributed by atoms with Gasteiger partial charge >= 0.3 is 5.97 Å². The van der Waals surface area contributed by atoms with Crippen LogP contribution in [0.5, 0.6) is 0 Å². The van der Waals surface area contributed by atoms with E-state index in [0.29, 0.717) is 22.8 Å². The summed E-state index contributed by atoms with van der Waals surface area (Å²) in [5, 5.41) is 11.6. The van der Waals surface area contributed by atoms with Crippen molar-refractivity contribution in [3.63, 3.8) is 0 Å². The summed E-state index contributed by atoms with van der Waals surface area (Å²) in [7, 11) is 0. The second-order valence-electron chi connectivity index (χ2n) is 6.83. The zero-order valence-corrected chi connectivity index (χ0v) is 17.1. The van der Waals surface area contributed by atoms with E-state index in [1.165, 1.54) is 17.0 Å². The molecule has 0 bridgehead atoms. The molecule has 0 atom stereocenters. The third-order valence-corrected chi connectivity index (χ3v) is 5.05. The Morgan fingerprint density at radius 2 is 1.84 bits per heavy atom. The van der Waals surface area contributed by atoms with E-state index in [9.17, 15) is 14.4 Å². The van der Waals surface area contributed by atoms with E-state index in [1.54, 1.807) is 55.5 Å². The molecule has 3 aromatic rings. The van der Waals surface area contributed by atoms with Gasteiger partial charge < -0.3 is 9.52 Å². The molecule has 1 aromatic heterocycles. The highest BCUT2D eigenvalue weighted by molar-refractivity contribution is 7.80. The van der Waals surface area contributed by atoms with Gasteiger partial charge in [-0.25, -0.2) is 4.79 Å². The van der Waals surface area contributed by atoms with Crippen LogP contribution in [0.15, 0.2) is 70.7 Å². The molecule has 1 fully saturated rings. The number of thiocarbonyl (C=S) groups is 1. The van der Waals surface area contributed by atoms with Crippen LogP contribution in [0.4, 0.5) is 5.69 Å². The van der Waals surface area contributed by atoms with Gasteiger partial charge in [0.15, 0.2) is 5.11 Å². The van der Waals surface area contributed by atoms with E-state index >= 15 is 0 Å². The zero-order valence-electron chi connectivity index (χ0n) is 16.3. The molecule has 31 heavy (non-hydrogen) atoms. The molecule has 2 amide bonds.